The summed E-state index contributed by atoms with van der Waals surface area (Å²) in [6.45, 7) is 7.47. The molecule has 1 aliphatic rings. The molecule has 0 amide bonds. The molecule has 4 rings (SSSR count). The first kappa shape index (κ1) is 23.8. The Labute approximate surface area is 205 Å². The van der Waals surface area contributed by atoms with Crippen molar-refractivity contribution in [3.63, 3.8) is 0 Å². The summed E-state index contributed by atoms with van der Waals surface area (Å²) >= 11 is 12.0. The van der Waals surface area contributed by atoms with Gasteiger partial charge in [-0.15, -0.1) is 0 Å². The van der Waals surface area contributed by atoms with Crippen LogP contribution in [0.3, 0.4) is 0 Å². The number of benzene rings is 2. The lowest BCUT2D eigenvalue weighted by Crippen LogP contribution is -2.41. The van der Waals surface area contributed by atoms with E-state index in [1.165, 1.54) is 0 Å². The van der Waals surface area contributed by atoms with Crippen LogP contribution in [0.2, 0.25) is 5.02 Å². The van der Waals surface area contributed by atoms with Gasteiger partial charge in [-0.25, -0.2) is 0 Å². The number of nitrogens with zero attached hydrogens (tertiary/aromatic N) is 2. The molecule has 0 saturated carbocycles. The molecule has 2 heterocycles. The maximum Gasteiger partial charge on any atom is 0.174 e. The first-order valence-electron chi connectivity index (χ1n) is 11.2. The summed E-state index contributed by atoms with van der Waals surface area (Å²) in [5, 5.41) is 5.68. The molecule has 1 aliphatic heterocycles. The van der Waals surface area contributed by atoms with Gasteiger partial charge in [0.25, 0.3) is 0 Å². The topological polar surface area (TPSA) is 50.1 Å². The summed E-state index contributed by atoms with van der Waals surface area (Å²) < 4.78 is 17.1. The van der Waals surface area contributed by atoms with Gasteiger partial charge in [-0.3, -0.25) is 4.90 Å². The standard InChI is InChI=1S/C25H30ClN3O3S/c1-18(23-16-19-6-3-4-7-22(19)32-23)29(11-5-10-28-12-14-31-15-13-28)25(33)27-21-9-8-20(26)17-24(21)30-2/h3-4,6-9,16-18H,5,10-15H2,1-2H3,(H,27,33)/t18-/m0/s1. The number of morpholine rings is 1. The van der Waals surface area contributed by atoms with E-state index in [4.69, 9.17) is 37.7 Å². The maximum absolute atomic E-state index is 6.17. The van der Waals surface area contributed by atoms with Crippen molar-refractivity contribution in [2.45, 2.75) is 19.4 Å². The van der Waals surface area contributed by atoms with Gasteiger partial charge in [0, 0.05) is 42.7 Å². The Balaban J connectivity index is 1.52. The molecule has 33 heavy (non-hydrogen) atoms. The van der Waals surface area contributed by atoms with Crippen molar-refractivity contribution in [2.75, 3.05) is 51.8 Å². The van der Waals surface area contributed by atoms with E-state index in [2.05, 4.69) is 34.2 Å². The van der Waals surface area contributed by atoms with Gasteiger partial charge in [-0.1, -0.05) is 29.8 Å². The van der Waals surface area contributed by atoms with Crippen LogP contribution in [0.1, 0.15) is 25.1 Å². The quantitative estimate of drug-likeness (QED) is 0.416. The van der Waals surface area contributed by atoms with Crippen LogP contribution in [0, 0.1) is 0 Å². The van der Waals surface area contributed by atoms with E-state index in [9.17, 15) is 0 Å². The van der Waals surface area contributed by atoms with Crippen molar-refractivity contribution in [3.05, 3.63) is 59.3 Å². The molecule has 6 nitrogen and oxygen atoms in total. The minimum atomic E-state index is -0.0413. The predicted molar refractivity (Wildman–Crippen MR) is 137 cm³/mol. The summed E-state index contributed by atoms with van der Waals surface area (Å²) in [5.74, 6) is 1.53. The Bertz CT molecular complexity index is 1050. The van der Waals surface area contributed by atoms with E-state index in [0.717, 1.165) is 68.2 Å². The molecule has 2 aromatic carbocycles. The molecule has 0 bridgehead atoms. The molecule has 0 aliphatic carbocycles. The molecule has 1 aromatic heterocycles. The predicted octanol–water partition coefficient (Wildman–Crippen LogP) is 5.58. The molecule has 3 aromatic rings. The number of para-hydroxylation sites is 1. The Morgan fingerprint density at radius 2 is 2.00 bits per heavy atom. The van der Waals surface area contributed by atoms with E-state index in [0.29, 0.717) is 15.9 Å². The first-order valence-corrected chi connectivity index (χ1v) is 12.0. The fraction of sp³-hybridized carbons (Fsp3) is 0.400. The van der Waals surface area contributed by atoms with E-state index in [1.807, 2.05) is 30.3 Å². The largest absolute Gasteiger partial charge is 0.495 e. The monoisotopic (exact) mass is 487 g/mol. The van der Waals surface area contributed by atoms with Crippen molar-refractivity contribution in [3.8, 4) is 5.75 Å². The lowest BCUT2D eigenvalue weighted by molar-refractivity contribution is 0.0365. The molecular formula is C25H30ClN3O3S. The Morgan fingerprint density at radius 1 is 1.21 bits per heavy atom. The van der Waals surface area contributed by atoms with E-state index < -0.39 is 0 Å². The van der Waals surface area contributed by atoms with Crippen LogP contribution < -0.4 is 10.1 Å². The molecule has 0 unspecified atom stereocenters. The molecule has 1 saturated heterocycles. The molecule has 1 atom stereocenters. The van der Waals surface area contributed by atoms with Gasteiger partial charge < -0.3 is 24.1 Å². The van der Waals surface area contributed by atoms with Gasteiger partial charge in [0.2, 0.25) is 0 Å². The zero-order valence-corrected chi connectivity index (χ0v) is 20.6. The zero-order valence-electron chi connectivity index (χ0n) is 19.1. The van der Waals surface area contributed by atoms with Crippen molar-refractivity contribution in [1.29, 1.82) is 0 Å². The normalized spacial score (nSPS) is 15.4. The SMILES string of the molecule is COc1cc(Cl)ccc1NC(=S)N(CCCN1CCOCC1)[C@@H](C)c1cc2ccccc2o1. The number of thiocarbonyl (C=S) groups is 1. The fourth-order valence-electron chi connectivity index (χ4n) is 4.08. The van der Waals surface area contributed by atoms with Gasteiger partial charge in [0.15, 0.2) is 5.11 Å². The number of rotatable bonds is 8. The number of hydrogen-bond acceptors (Lipinski definition) is 5. The summed E-state index contributed by atoms with van der Waals surface area (Å²) in [5.41, 5.74) is 1.66. The van der Waals surface area contributed by atoms with Gasteiger partial charge in [0.1, 0.15) is 17.1 Å². The number of halogens is 1. The second-order valence-corrected chi connectivity index (χ2v) is 8.96. The Morgan fingerprint density at radius 3 is 2.76 bits per heavy atom. The maximum atomic E-state index is 6.17. The number of methoxy groups -OCH3 is 1. The molecule has 1 fully saturated rings. The van der Waals surface area contributed by atoms with Crippen LogP contribution in [0.15, 0.2) is 52.9 Å². The van der Waals surface area contributed by atoms with Gasteiger partial charge in [-0.2, -0.15) is 0 Å². The summed E-state index contributed by atoms with van der Waals surface area (Å²) in [7, 11) is 1.62. The number of anilines is 1. The first-order chi connectivity index (χ1) is 16.0. The van der Waals surface area contributed by atoms with Crippen LogP contribution in [-0.2, 0) is 4.74 Å². The van der Waals surface area contributed by atoms with Gasteiger partial charge >= 0.3 is 0 Å². The van der Waals surface area contributed by atoms with Crippen LogP contribution in [0.5, 0.6) is 5.75 Å². The highest BCUT2D eigenvalue weighted by Crippen LogP contribution is 2.31. The second kappa shape index (κ2) is 11.2. The van der Waals surface area contributed by atoms with Crippen molar-refractivity contribution < 1.29 is 13.9 Å². The van der Waals surface area contributed by atoms with Crippen molar-refractivity contribution in [2.24, 2.45) is 0 Å². The van der Waals surface area contributed by atoms with Crippen LogP contribution in [0.25, 0.3) is 11.0 Å². The molecule has 176 valence electrons. The van der Waals surface area contributed by atoms with Gasteiger partial charge in [0.05, 0.1) is 32.1 Å². The minimum Gasteiger partial charge on any atom is -0.495 e. The molecule has 0 spiro atoms. The van der Waals surface area contributed by atoms with Crippen LogP contribution in [0.4, 0.5) is 5.69 Å². The number of furan rings is 1. The van der Waals surface area contributed by atoms with Gasteiger partial charge in [-0.05, 0) is 49.8 Å². The molecule has 0 radical (unpaired) electrons. The number of nitrogens with one attached hydrogen (secondary N) is 1. The molecule has 8 heteroatoms. The van der Waals surface area contributed by atoms with Crippen molar-refractivity contribution in [1.82, 2.24) is 9.80 Å². The van der Waals surface area contributed by atoms with E-state index in [1.54, 1.807) is 13.2 Å². The fourth-order valence-corrected chi connectivity index (χ4v) is 4.60. The summed E-state index contributed by atoms with van der Waals surface area (Å²) in [6, 6.07) is 15.6. The third kappa shape index (κ3) is 5.98. The summed E-state index contributed by atoms with van der Waals surface area (Å²) in [4.78, 5) is 4.62. The second-order valence-electron chi connectivity index (χ2n) is 8.14. The lowest BCUT2D eigenvalue weighted by Gasteiger charge is -2.32. The molecular weight excluding hydrogens is 458 g/mol. The highest BCUT2D eigenvalue weighted by atomic mass is 35.5. The summed E-state index contributed by atoms with van der Waals surface area (Å²) in [6.07, 6.45) is 0.976. The van der Waals surface area contributed by atoms with E-state index >= 15 is 0 Å². The van der Waals surface area contributed by atoms with Crippen molar-refractivity contribution >= 4 is 45.6 Å². The Kier molecular flexibility index (Phi) is 8.09. The minimum absolute atomic E-state index is 0.0413. The molecule has 1 N–H and O–H groups in total. The third-order valence-electron chi connectivity index (χ3n) is 5.97. The highest BCUT2D eigenvalue weighted by molar-refractivity contribution is 7.80. The van der Waals surface area contributed by atoms with Crippen LogP contribution in [-0.4, -0.2) is 61.4 Å². The van der Waals surface area contributed by atoms with Crippen LogP contribution >= 0.6 is 23.8 Å². The average molecular weight is 488 g/mol. The zero-order chi connectivity index (χ0) is 23.2. The number of ether oxygens (including phenoxy) is 2. The highest BCUT2D eigenvalue weighted by Gasteiger charge is 2.23. The average Bonchev–Trinajstić information content (AvgIpc) is 3.27. The number of hydrogen-bond donors (Lipinski definition) is 1. The van der Waals surface area contributed by atoms with E-state index in [-0.39, 0.29) is 6.04 Å². The Hall–Kier alpha value is -2.32. The number of fused-ring (bicyclic) bond motifs is 1. The third-order valence-corrected chi connectivity index (χ3v) is 6.54. The smallest absolute Gasteiger partial charge is 0.174 e. The lowest BCUT2D eigenvalue weighted by atomic mass is 10.2.